The van der Waals surface area contributed by atoms with Crippen molar-refractivity contribution in [3.8, 4) is 0 Å². The number of carbonyl (C=O) groups excluding carboxylic acids is 1. The summed E-state index contributed by atoms with van der Waals surface area (Å²) in [5, 5.41) is 2.29. The molecule has 2 aromatic carbocycles. The second-order valence-electron chi connectivity index (χ2n) is 13.2. The van der Waals surface area contributed by atoms with Crippen LogP contribution in [0.4, 0.5) is 0 Å². The summed E-state index contributed by atoms with van der Waals surface area (Å²) >= 11 is 14.2. The van der Waals surface area contributed by atoms with Crippen molar-refractivity contribution in [2.45, 2.75) is 102 Å². The van der Waals surface area contributed by atoms with E-state index in [0.29, 0.717) is 16.1 Å². The highest BCUT2D eigenvalue weighted by molar-refractivity contribution is 8.18. The molecule has 5 nitrogen and oxygen atoms in total. The average molecular weight is 626 g/mol. The molecule has 6 rings (SSSR count). The number of allylic oxidation sites excluding steroid dienone is 1. The van der Waals surface area contributed by atoms with E-state index in [0.717, 1.165) is 45.8 Å². The Morgan fingerprint density at radius 2 is 1.55 bits per heavy atom. The number of hydrogen-bond donors (Lipinski definition) is 0. The third-order valence-corrected chi connectivity index (χ3v) is 11.4. The van der Waals surface area contributed by atoms with E-state index >= 15 is 0 Å². The van der Waals surface area contributed by atoms with E-state index in [2.05, 4.69) is 80.6 Å². The van der Waals surface area contributed by atoms with Gasteiger partial charge in [0.2, 0.25) is 0 Å². The van der Waals surface area contributed by atoms with Gasteiger partial charge in [0.05, 0.1) is 6.04 Å². The molecule has 4 aliphatic rings. The molecule has 0 spiro atoms. The Balaban J connectivity index is 1.35. The molecule has 0 saturated heterocycles. The van der Waals surface area contributed by atoms with Crippen LogP contribution in [-0.2, 0) is 10.3 Å². The summed E-state index contributed by atoms with van der Waals surface area (Å²) in [6.07, 6.45) is 6.08. The lowest BCUT2D eigenvalue weighted by Crippen LogP contribution is -2.59. The van der Waals surface area contributed by atoms with Crippen molar-refractivity contribution in [2.24, 2.45) is 10.9 Å². The molecule has 224 valence electrons. The van der Waals surface area contributed by atoms with Crippen molar-refractivity contribution in [3.05, 3.63) is 80.3 Å². The molecular formula is C34H42Cl2N4OS. The summed E-state index contributed by atoms with van der Waals surface area (Å²) in [7, 11) is 2.28. The average Bonchev–Trinajstić information content (AvgIpc) is 3.37. The number of amidine groups is 1. The Morgan fingerprint density at radius 3 is 2.07 bits per heavy atom. The number of rotatable bonds is 8. The molecule has 0 unspecified atom stereocenters. The van der Waals surface area contributed by atoms with E-state index in [1.807, 2.05) is 24.3 Å². The topological polar surface area (TPSA) is 39.2 Å². The lowest BCUT2D eigenvalue weighted by atomic mass is 9.80. The predicted octanol–water partition coefficient (Wildman–Crippen LogP) is 8.49. The molecule has 2 saturated carbocycles. The minimum Gasteiger partial charge on any atom is -0.333 e. The standard InChI is InChI=1S/C34H42Cl2N4OS/c1-20(2)29-30(32(41)39(21(3)4)28-18-27(19-28)38(6)26-8-7-9-26)42-33-37-34(5,23-12-16-25(36)17-13-23)31(40(29)33)22-10-14-24(35)15-11-22/h10-17,20-21,26-28,31H,7-9,18-19H2,1-6H3/t27-,28+,31-,34+/m1/s1. The normalized spacial score (nSPS) is 27.5. The Kier molecular flexibility index (Phi) is 8.23. The Hall–Kier alpha value is -1.99. The van der Waals surface area contributed by atoms with Crippen LogP contribution in [0.1, 0.15) is 83.9 Å². The number of nitrogens with zero attached hydrogens (tertiary/aromatic N) is 4. The second-order valence-corrected chi connectivity index (χ2v) is 15.0. The fraction of sp³-hybridized carbons (Fsp3) is 0.529. The molecule has 2 fully saturated rings. The van der Waals surface area contributed by atoms with Crippen LogP contribution in [0.3, 0.4) is 0 Å². The first kappa shape index (κ1) is 30.1. The number of hydrogen-bond acceptors (Lipinski definition) is 5. The molecule has 2 heterocycles. The van der Waals surface area contributed by atoms with Gasteiger partial charge in [-0.1, -0.05) is 67.7 Å². The summed E-state index contributed by atoms with van der Waals surface area (Å²) < 4.78 is 0. The number of amides is 1. The fourth-order valence-corrected chi connectivity index (χ4v) is 8.82. The lowest BCUT2D eigenvalue weighted by molar-refractivity contribution is -0.134. The third kappa shape index (κ3) is 5.10. The molecule has 0 bridgehead atoms. The van der Waals surface area contributed by atoms with Crippen LogP contribution in [-0.4, -0.2) is 57.0 Å². The van der Waals surface area contributed by atoms with E-state index in [1.54, 1.807) is 11.8 Å². The third-order valence-electron chi connectivity index (χ3n) is 9.86. The van der Waals surface area contributed by atoms with E-state index in [4.69, 9.17) is 28.2 Å². The van der Waals surface area contributed by atoms with Gasteiger partial charge >= 0.3 is 0 Å². The fourth-order valence-electron chi connectivity index (χ4n) is 7.21. The monoisotopic (exact) mass is 624 g/mol. The molecule has 1 amide bonds. The van der Waals surface area contributed by atoms with Crippen molar-refractivity contribution in [1.82, 2.24) is 14.7 Å². The maximum Gasteiger partial charge on any atom is 0.263 e. The van der Waals surface area contributed by atoms with Gasteiger partial charge in [0.1, 0.15) is 10.4 Å². The van der Waals surface area contributed by atoms with Gasteiger partial charge in [0.15, 0.2) is 5.17 Å². The van der Waals surface area contributed by atoms with Gasteiger partial charge in [-0.05, 0) is 107 Å². The van der Waals surface area contributed by atoms with Crippen LogP contribution in [0.15, 0.2) is 64.1 Å². The molecule has 2 atom stereocenters. The highest BCUT2D eigenvalue weighted by Gasteiger charge is 2.54. The van der Waals surface area contributed by atoms with Gasteiger partial charge < -0.3 is 14.7 Å². The van der Waals surface area contributed by atoms with Crippen molar-refractivity contribution in [2.75, 3.05) is 7.05 Å². The lowest BCUT2D eigenvalue weighted by Gasteiger charge is -2.51. The number of halogens is 2. The molecule has 2 aliphatic heterocycles. The second kappa shape index (κ2) is 11.5. The molecule has 0 aromatic heterocycles. The number of fused-ring (bicyclic) bond motifs is 1. The maximum atomic E-state index is 14.5. The molecule has 2 aromatic rings. The summed E-state index contributed by atoms with van der Waals surface area (Å²) in [5.41, 5.74) is 2.70. The Labute approximate surface area is 265 Å². The van der Waals surface area contributed by atoms with E-state index in [-0.39, 0.29) is 30.0 Å². The Bertz CT molecular complexity index is 1400. The van der Waals surface area contributed by atoms with E-state index < -0.39 is 5.54 Å². The maximum absolute atomic E-state index is 14.5. The molecule has 8 heteroatoms. The summed E-state index contributed by atoms with van der Waals surface area (Å²) in [4.78, 5) is 27.8. The number of aliphatic imine (C=N–C) groups is 1. The van der Waals surface area contributed by atoms with Crippen LogP contribution >= 0.6 is 35.0 Å². The quantitative estimate of drug-likeness (QED) is 0.295. The summed E-state index contributed by atoms with van der Waals surface area (Å²) in [5.74, 6) is 0.285. The van der Waals surface area contributed by atoms with Crippen molar-refractivity contribution < 1.29 is 4.79 Å². The van der Waals surface area contributed by atoms with Crippen molar-refractivity contribution in [3.63, 3.8) is 0 Å². The molecular weight excluding hydrogens is 583 g/mol. The van der Waals surface area contributed by atoms with Gasteiger partial charge in [-0.2, -0.15) is 0 Å². The molecule has 0 N–H and O–H groups in total. The molecule has 2 aliphatic carbocycles. The number of thioether (sulfide) groups is 1. The molecule has 0 radical (unpaired) electrons. The van der Waals surface area contributed by atoms with Gasteiger partial charge in [-0.25, -0.2) is 4.99 Å². The van der Waals surface area contributed by atoms with Crippen LogP contribution in [0.25, 0.3) is 0 Å². The SMILES string of the molecule is CC(C)C1=C(C(=O)N(C(C)C)[C@H]2C[C@@H](N(C)C3CCC3)C2)SC2=N[C@@](C)(c3ccc(Cl)cc3)[C@@H](c3ccc(Cl)cc3)N21. The Morgan fingerprint density at radius 1 is 0.952 bits per heavy atom. The van der Waals surface area contributed by atoms with E-state index in [1.165, 1.54) is 19.3 Å². The van der Waals surface area contributed by atoms with Gasteiger partial charge in [-0.3, -0.25) is 4.79 Å². The number of carbonyl (C=O) groups is 1. The first-order chi connectivity index (χ1) is 20.0. The van der Waals surface area contributed by atoms with Gasteiger partial charge in [-0.15, -0.1) is 0 Å². The number of benzene rings is 2. The largest absolute Gasteiger partial charge is 0.333 e. The highest BCUT2D eigenvalue weighted by atomic mass is 35.5. The van der Waals surface area contributed by atoms with Gasteiger partial charge in [0, 0.05) is 39.9 Å². The first-order valence-electron chi connectivity index (χ1n) is 15.4. The first-order valence-corrected chi connectivity index (χ1v) is 16.9. The van der Waals surface area contributed by atoms with Crippen LogP contribution in [0, 0.1) is 5.92 Å². The van der Waals surface area contributed by atoms with Crippen LogP contribution in [0.5, 0.6) is 0 Å². The van der Waals surface area contributed by atoms with Crippen LogP contribution in [0.2, 0.25) is 10.0 Å². The highest BCUT2D eigenvalue weighted by Crippen LogP contribution is 2.56. The molecule has 42 heavy (non-hydrogen) atoms. The zero-order valence-corrected chi connectivity index (χ0v) is 27.8. The predicted molar refractivity (Wildman–Crippen MR) is 176 cm³/mol. The zero-order valence-electron chi connectivity index (χ0n) is 25.5. The van der Waals surface area contributed by atoms with Crippen molar-refractivity contribution in [1.29, 1.82) is 0 Å². The zero-order chi connectivity index (χ0) is 29.9. The summed E-state index contributed by atoms with van der Waals surface area (Å²) in [6.45, 7) is 10.9. The van der Waals surface area contributed by atoms with Crippen LogP contribution < -0.4 is 0 Å². The van der Waals surface area contributed by atoms with Crippen molar-refractivity contribution >= 4 is 46.0 Å². The smallest absolute Gasteiger partial charge is 0.263 e. The van der Waals surface area contributed by atoms with E-state index in [9.17, 15) is 4.79 Å². The minimum atomic E-state index is -0.569. The van der Waals surface area contributed by atoms with Gasteiger partial charge in [0.25, 0.3) is 5.91 Å². The summed E-state index contributed by atoms with van der Waals surface area (Å²) in [6, 6.07) is 17.7. The minimum absolute atomic E-state index is 0.127.